The fourth-order valence-corrected chi connectivity index (χ4v) is 2.19. The van der Waals surface area contributed by atoms with Crippen molar-refractivity contribution in [2.45, 2.75) is 6.92 Å². The highest BCUT2D eigenvalue weighted by Crippen LogP contribution is 2.22. The molecule has 2 rings (SSSR count). The predicted molar refractivity (Wildman–Crippen MR) is 85.4 cm³/mol. The van der Waals surface area contributed by atoms with Gasteiger partial charge in [0.2, 0.25) is 0 Å². The Morgan fingerprint density at radius 3 is 2.43 bits per heavy atom. The van der Waals surface area contributed by atoms with Crippen LogP contribution < -0.4 is 5.43 Å². The quantitative estimate of drug-likeness (QED) is 0.502. The van der Waals surface area contributed by atoms with Crippen LogP contribution in [0.1, 0.15) is 12.5 Å². The number of rotatable bonds is 4. The number of nitrogens with one attached hydrogen (secondary N) is 1. The Labute approximate surface area is 131 Å². The van der Waals surface area contributed by atoms with Gasteiger partial charge in [-0.25, -0.2) is 0 Å². The highest BCUT2D eigenvalue weighted by atomic mass is 35.5. The Kier molecular flexibility index (Phi) is 4.77. The molecule has 0 aromatic heterocycles. The Morgan fingerprint density at radius 2 is 1.86 bits per heavy atom. The van der Waals surface area contributed by atoms with Crippen LogP contribution in [-0.4, -0.2) is 10.6 Å². The average molecular weight is 324 g/mol. The number of nitro benzene ring substituents is 1. The number of benzene rings is 2. The maximum atomic E-state index is 10.6. The van der Waals surface area contributed by atoms with Crippen LogP contribution >= 0.6 is 23.2 Å². The van der Waals surface area contributed by atoms with E-state index in [2.05, 4.69) is 10.5 Å². The van der Waals surface area contributed by atoms with Crippen molar-refractivity contribution in [1.82, 2.24) is 0 Å². The van der Waals surface area contributed by atoms with E-state index in [1.54, 1.807) is 37.3 Å². The molecule has 0 aliphatic carbocycles. The van der Waals surface area contributed by atoms with Crippen LogP contribution in [0.2, 0.25) is 10.0 Å². The fraction of sp³-hybridized carbons (Fsp3) is 0.0714. The van der Waals surface area contributed by atoms with E-state index < -0.39 is 4.92 Å². The first kappa shape index (κ1) is 15.3. The molecule has 108 valence electrons. The second-order valence-corrected chi connectivity index (χ2v) is 5.08. The maximum Gasteiger partial charge on any atom is 0.269 e. The summed E-state index contributed by atoms with van der Waals surface area (Å²) >= 11 is 11.9. The summed E-state index contributed by atoms with van der Waals surface area (Å²) in [6.45, 7) is 1.80. The zero-order valence-electron chi connectivity index (χ0n) is 11.0. The zero-order chi connectivity index (χ0) is 15.4. The van der Waals surface area contributed by atoms with Crippen LogP contribution in [0.4, 0.5) is 11.4 Å². The second-order valence-electron chi connectivity index (χ2n) is 4.24. The van der Waals surface area contributed by atoms with Crippen LogP contribution in [0.5, 0.6) is 0 Å². The molecule has 21 heavy (non-hydrogen) atoms. The van der Waals surface area contributed by atoms with Crippen LogP contribution in [-0.2, 0) is 0 Å². The highest BCUT2D eigenvalue weighted by Gasteiger charge is 2.06. The third-order valence-electron chi connectivity index (χ3n) is 2.75. The van der Waals surface area contributed by atoms with E-state index in [-0.39, 0.29) is 5.69 Å². The van der Waals surface area contributed by atoms with Crippen molar-refractivity contribution < 1.29 is 4.92 Å². The standard InChI is InChI=1S/C14H11Cl2N3O2/c1-9(13-7-2-10(15)8-14(13)16)17-18-11-3-5-12(6-4-11)19(20)21/h2-8,18H,1H3. The van der Waals surface area contributed by atoms with Crippen molar-refractivity contribution in [3.8, 4) is 0 Å². The number of anilines is 1. The average Bonchev–Trinajstić information content (AvgIpc) is 2.45. The van der Waals surface area contributed by atoms with Crippen molar-refractivity contribution in [2.24, 2.45) is 5.10 Å². The van der Waals surface area contributed by atoms with Crippen molar-refractivity contribution >= 4 is 40.3 Å². The summed E-state index contributed by atoms with van der Waals surface area (Å²) in [5, 5.41) is 15.8. The minimum absolute atomic E-state index is 0.0296. The van der Waals surface area contributed by atoms with E-state index >= 15 is 0 Å². The van der Waals surface area contributed by atoms with Gasteiger partial charge in [-0.2, -0.15) is 5.10 Å². The van der Waals surface area contributed by atoms with Crippen LogP contribution in [0.15, 0.2) is 47.6 Å². The van der Waals surface area contributed by atoms with Gasteiger partial charge in [0.25, 0.3) is 5.69 Å². The van der Waals surface area contributed by atoms with Gasteiger partial charge in [-0.15, -0.1) is 0 Å². The summed E-state index contributed by atoms with van der Waals surface area (Å²) in [5.74, 6) is 0. The minimum Gasteiger partial charge on any atom is -0.278 e. The van der Waals surface area contributed by atoms with Gasteiger partial charge < -0.3 is 0 Å². The summed E-state index contributed by atoms with van der Waals surface area (Å²) in [5.41, 5.74) is 4.93. The molecule has 2 aromatic rings. The molecule has 0 saturated carbocycles. The normalized spacial score (nSPS) is 11.3. The van der Waals surface area contributed by atoms with Gasteiger partial charge in [0.1, 0.15) is 0 Å². The van der Waals surface area contributed by atoms with Crippen LogP contribution in [0.3, 0.4) is 0 Å². The molecular formula is C14H11Cl2N3O2. The van der Waals surface area contributed by atoms with Gasteiger partial charge in [0.15, 0.2) is 0 Å². The lowest BCUT2D eigenvalue weighted by molar-refractivity contribution is -0.384. The number of hydrogen-bond donors (Lipinski definition) is 1. The van der Waals surface area contributed by atoms with Gasteiger partial charge >= 0.3 is 0 Å². The molecule has 7 heteroatoms. The van der Waals surface area contributed by atoms with Gasteiger partial charge in [-0.3, -0.25) is 15.5 Å². The lowest BCUT2D eigenvalue weighted by atomic mass is 10.1. The third kappa shape index (κ3) is 3.93. The molecule has 1 N–H and O–H groups in total. The van der Waals surface area contributed by atoms with E-state index in [1.807, 2.05) is 0 Å². The predicted octanol–water partition coefficient (Wildman–Crippen LogP) is 4.74. The molecule has 2 aromatic carbocycles. The largest absolute Gasteiger partial charge is 0.278 e. The first-order valence-electron chi connectivity index (χ1n) is 5.97. The van der Waals surface area contributed by atoms with Gasteiger partial charge in [-0.1, -0.05) is 29.3 Å². The van der Waals surface area contributed by atoms with E-state index in [1.165, 1.54) is 12.1 Å². The van der Waals surface area contributed by atoms with Crippen LogP contribution in [0, 0.1) is 10.1 Å². The van der Waals surface area contributed by atoms with Crippen molar-refractivity contribution in [3.63, 3.8) is 0 Å². The number of non-ortho nitro benzene ring substituents is 1. The van der Waals surface area contributed by atoms with Crippen molar-refractivity contribution in [2.75, 3.05) is 5.43 Å². The minimum atomic E-state index is -0.453. The lowest BCUT2D eigenvalue weighted by Crippen LogP contribution is -2.00. The number of hydrazone groups is 1. The van der Waals surface area contributed by atoms with Crippen molar-refractivity contribution in [3.05, 3.63) is 68.2 Å². The molecule has 0 bridgehead atoms. The van der Waals surface area contributed by atoms with E-state index in [0.717, 1.165) is 5.56 Å². The molecule has 0 spiro atoms. The molecule has 0 amide bonds. The molecular weight excluding hydrogens is 313 g/mol. The topological polar surface area (TPSA) is 67.5 Å². The molecule has 0 saturated heterocycles. The summed E-state index contributed by atoms with van der Waals surface area (Å²) in [6.07, 6.45) is 0. The van der Waals surface area contributed by atoms with E-state index in [4.69, 9.17) is 23.2 Å². The third-order valence-corrected chi connectivity index (χ3v) is 3.30. The van der Waals surface area contributed by atoms with E-state index in [0.29, 0.717) is 21.4 Å². The zero-order valence-corrected chi connectivity index (χ0v) is 12.5. The monoisotopic (exact) mass is 323 g/mol. The van der Waals surface area contributed by atoms with Crippen LogP contribution in [0.25, 0.3) is 0 Å². The Balaban J connectivity index is 2.14. The molecule has 0 aliphatic rings. The molecule has 0 fully saturated rings. The number of halogens is 2. The molecule has 0 unspecified atom stereocenters. The summed E-state index contributed by atoms with van der Waals surface area (Å²) < 4.78 is 0. The lowest BCUT2D eigenvalue weighted by Gasteiger charge is -2.06. The number of hydrogen-bond acceptors (Lipinski definition) is 4. The molecule has 5 nitrogen and oxygen atoms in total. The Bertz CT molecular complexity index is 700. The van der Waals surface area contributed by atoms with Gasteiger partial charge in [0.05, 0.1) is 21.3 Å². The second kappa shape index (κ2) is 6.56. The SMILES string of the molecule is CC(=NNc1ccc([N+](=O)[O-])cc1)c1ccc(Cl)cc1Cl. The Hall–Kier alpha value is -2.11. The fourth-order valence-electron chi connectivity index (χ4n) is 1.65. The molecule has 0 aliphatic heterocycles. The highest BCUT2D eigenvalue weighted by molar-refractivity contribution is 6.37. The first-order chi connectivity index (χ1) is 9.97. The Morgan fingerprint density at radius 1 is 1.19 bits per heavy atom. The molecule has 0 radical (unpaired) electrons. The van der Waals surface area contributed by atoms with Crippen molar-refractivity contribution in [1.29, 1.82) is 0 Å². The molecule has 0 heterocycles. The van der Waals surface area contributed by atoms with Gasteiger partial charge in [0, 0.05) is 22.7 Å². The number of nitrogens with zero attached hydrogens (tertiary/aromatic N) is 2. The first-order valence-corrected chi connectivity index (χ1v) is 6.73. The summed E-state index contributed by atoms with van der Waals surface area (Å²) in [7, 11) is 0. The smallest absolute Gasteiger partial charge is 0.269 e. The number of nitro groups is 1. The summed E-state index contributed by atoms with van der Waals surface area (Å²) in [4.78, 5) is 10.1. The molecule has 0 atom stereocenters. The van der Waals surface area contributed by atoms with Gasteiger partial charge in [-0.05, 0) is 31.2 Å². The maximum absolute atomic E-state index is 10.6. The van der Waals surface area contributed by atoms with E-state index in [9.17, 15) is 10.1 Å². The summed E-state index contributed by atoms with van der Waals surface area (Å²) in [6, 6.07) is 11.1.